The highest BCUT2D eigenvalue weighted by molar-refractivity contribution is 7.16. The Labute approximate surface area is 148 Å². The van der Waals surface area contributed by atoms with Gasteiger partial charge >= 0.3 is 0 Å². The van der Waals surface area contributed by atoms with Gasteiger partial charge in [0.1, 0.15) is 0 Å². The molecule has 4 nitrogen and oxygen atoms in total. The second kappa shape index (κ2) is 10.4. The lowest BCUT2D eigenvalue weighted by atomic mass is 9.93. The molecule has 0 spiro atoms. The van der Waals surface area contributed by atoms with Gasteiger partial charge in [0, 0.05) is 4.88 Å². The van der Waals surface area contributed by atoms with Crippen molar-refractivity contribution in [2.75, 3.05) is 33.2 Å². The topological polar surface area (TPSA) is 44.4 Å². The monoisotopic (exact) mass is 365 g/mol. The van der Waals surface area contributed by atoms with E-state index in [4.69, 9.17) is 11.6 Å². The van der Waals surface area contributed by atoms with Crippen molar-refractivity contribution >= 4 is 41.3 Å². The quantitative estimate of drug-likeness (QED) is 0.780. The smallest absolute Gasteiger partial charge is 0.234 e. The number of nitrogens with one attached hydrogen (secondary N) is 2. The standard InChI is InChI=1S/C15H24ClN3OS.ClH/c1-17-7-4-12-5-8-19(9-6-12)11-15(20)18-10-13-2-3-14(16)21-13;/h2-3,12,17H,4-11H2,1H3,(H,18,20);1H. The molecule has 1 amide bonds. The minimum atomic E-state index is 0. The van der Waals surface area contributed by atoms with Gasteiger partial charge in [-0.25, -0.2) is 0 Å². The molecule has 0 unspecified atom stereocenters. The third-order valence-corrected chi connectivity index (χ3v) is 5.20. The zero-order chi connectivity index (χ0) is 15.1. The Morgan fingerprint density at radius 3 is 2.73 bits per heavy atom. The van der Waals surface area contributed by atoms with Gasteiger partial charge in [-0.2, -0.15) is 0 Å². The highest BCUT2D eigenvalue weighted by Gasteiger charge is 2.20. The fourth-order valence-electron chi connectivity index (χ4n) is 2.67. The van der Waals surface area contributed by atoms with Crippen molar-refractivity contribution in [3.8, 4) is 0 Å². The average Bonchev–Trinajstić information content (AvgIpc) is 2.90. The molecule has 2 N–H and O–H groups in total. The molecule has 1 aliphatic heterocycles. The van der Waals surface area contributed by atoms with Crippen LogP contribution >= 0.6 is 35.3 Å². The number of thiophene rings is 1. The van der Waals surface area contributed by atoms with Crippen LogP contribution in [0.1, 0.15) is 24.1 Å². The van der Waals surface area contributed by atoms with Crippen LogP contribution in [0.25, 0.3) is 0 Å². The maximum absolute atomic E-state index is 12.0. The molecule has 1 fully saturated rings. The zero-order valence-electron chi connectivity index (χ0n) is 12.9. The number of hydrogen-bond donors (Lipinski definition) is 2. The minimum absolute atomic E-state index is 0. The highest BCUT2D eigenvalue weighted by atomic mass is 35.5. The van der Waals surface area contributed by atoms with Crippen molar-refractivity contribution in [1.29, 1.82) is 0 Å². The molecule has 22 heavy (non-hydrogen) atoms. The van der Waals surface area contributed by atoms with Gasteiger partial charge in [0.05, 0.1) is 17.4 Å². The second-order valence-corrected chi connectivity index (χ2v) is 7.39. The Balaban J connectivity index is 0.00000242. The first-order valence-corrected chi connectivity index (χ1v) is 8.74. The number of likely N-dealkylation sites (tertiary alicyclic amines) is 1. The summed E-state index contributed by atoms with van der Waals surface area (Å²) < 4.78 is 0.767. The molecule has 1 aromatic rings. The molecule has 1 aromatic heterocycles. The molecule has 0 aromatic carbocycles. The summed E-state index contributed by atoms with van der Waals surface area (Å²) in [7, 11) is 2.00. The number of halogens is 2. The first kappa shape index (κ1) is 19.7. The predicted octanol–water partition coefficient (Wildman–Crippen LogP) is 2.76. The second-order valence-electron chi connectivity index (χ2n) is 5.59. The molecular formula is C15H25Cl2N3OS. The summed E-state index contributed by atoms with van der Waals surface area (Å²) in [4.78, 5) is 15.3. The van der Waals surface area contributed by atoms with E-state index in [9.17, 15) is 4.79 Å². The number of piperidine rings is 1. The van der Waals surface area contributed by atoms with E-state index in [1.54, 1.807) is 0 Å². The number of rotatable bonds is 7. The molecule has 2 heterocycles. The van der Waals surface area contributed by atoms with E-state index in [2.05, 4.69) is 15.5 Å². The first-order valence-electron chi connectivity index (χ1n) is 7.55. The van der Waals surface area contributed by atoms with Gasteiger partial charge in [0.25, 0.3) is 0 Å². The molecule has 0 atom stereocenters. The van der Waals surface area contributed by atoms with Crippen molar-refractivity contribution in [1.82, 2.24) is 15.5 Å². The summed E-state index contributed by atoms with van der Waals surface area (Å²) in [6, 6.07) is 3.82. The van der Waals surface area contributed by atoms with Crippen LogP contribution in [-0.2, 0) is 11.3 Å². The number of carbonyl (C=O) groups is 1. The van der Waals surface area contributed by atoms with Crippen LogP contribution in [0.2, 0.25) is 4.34 Å². The molecule has 126 valence electrons. The van der Waals surface area contributed by atoms with Crippen molar-refractivity contribution in [3.63, 3.8) is 0 Å². The molecule has 0 aliphatic carbocycles. The molecule has 1 aliphatic rings. The zero-order valence-corrected chi connectivity index (χ0v) is 15.3. The molecule has 2 rings (SSSR count). The lowest BCUT2D eigenvalue weighted by molar-refractivity contribution is -0.122. The summed E-state index contributed by atoms with van der Waals surface area (Å²) in [5, 5.41) is 6.17. The number of nitrogens with zero attached hydrogens (tertiary/aromatic N) is 1. The Hall–Kier alpha value is -0.330. The van der Waals surface area contributed by atoms with Crippen molar-refractivity contribution < 1.29 is 4.79 Å². The van der Waals surface area contributed by atoms with E-state index in [0.29, 0.717) is 13.1 Å². The maximum atomic E-state index is 12.0. The summed E-state index contributed by atoms with van der Waals surface area (Å²) >= 11 is 7.39. The fourth-order valence-corrected chi connectivity index (χ4v) is 3.70. The molecule has 1 saturated heterocycles. The van der Waals surface area contributed by atoms with Crippen molar-refractivity contribution in [2.45, 2.75) is 25.8 Å². The third kappa shape index (κ3) is 6.84. The van der Waals surface area contributed by atoms with E-state index >= 15 is 0 Å². The van der Waals surface area contributed by atoms with Crippen LogP contribution in [-0.4, -0.2) is 44.0 Å². The number of amides is 1. The normalized spacial score (nSPS) is 16.3. The van der Waals surface area contributed by atoms with E-state index in [1.807, 2.05) is 19.2 Å². The fraction of sp³-hybridized carbons (Fsp3) is 0.667. The van der Waals surface area contributed by atoms with Crippen LogP contribution in [0.3, 0.4) is 0 Å². The van der Waals surface area contributed by atoms with E-state index < -0.39 is 0 Å². The third-order valence-electron chi connectivity index (χ3n) is 3.97. The molecule has 7 heteroatoms. The maximum Gasteiger partial charge on any atom is 0.234 e. The van der Waals surface area contributed by atoms with Crippen LogP contribution in [0.4, 0.5) is 0 Å². The summed E-state index contributed by atoms with van der Waals surface area (Å²) in [6.45, 7) is 4.25. The van der Waals surface area contributed by atoms with Crippen molar-refractivity contribution in [2.24, 2.45) is 5.92 Å². The predicted molar refractivity (Wildman–Crippen MR) is 96.1 cm³/mol. The molecule has 0 saturated carbocycles. The van der Waals surface area contributed by atoms with E-state index in [0.717, 1.165) is 34.8 Å². The van der Waals surface area contributed by atoms with Gasteiger partial charge in [-0.3, -0.25) is 9.69 Å². The van der Waals surface area contributed by atoms with Gasteiger partial charge in [0.2, 0.25) is 5.91 Å². The van der Waals surface area contributed by atoms with Gasteiger partial charge in [-0.05, 0) is 64.0 Å². The molecule has 0 radical (unpaired) electrons. The summed E-state index contributed by atoms with van der Waals surface area (Å²) in [5.41, 5.74) is 0. The average molecular weight is 366 g/mol. The minimum Gasteiger partial charge on any atom is -0.350 e. The molecule has 0 bridgehead atoms. The van der Waals surface area contributed by atoms with Crippen molar-refractivity contribution in [3.05, 3.63) is 21.3 Å². The number of carbonyl (C=O) groups excluding carboxylic acids is 1. The highest BCUT2D eigenvalue weighted by Crippen LogP contribution is 2.21. The Morgan fingerprint density at radius 2 is 2.14 bits per heavy atom. The van der Waals surface area contributed by atoms with Crippen LogP contribution in [0.15, 0.2) is 12.1 Å². The number of hydrogen-bond acceptors (Lipinski definition) is 4. The Morgan fingerprint density at radius 1 is 1.41 bits per heavy atom. The SMILES string of the molecule is CNCCC1CCN(CC(=O)NCc2ccc(Cl)s2)CC1.Cl. The van der Waals surface area contributed by atoms with Crippen LogP contribution < -0.4 is 10.6 Å². The largest absolute Gasteiger partial charge is 0.350 e. The molecular weight excluding hydrogens is 341 g/mol. The lowest BCUT2D eigenvalue weighted by Gasteiger charge is -2.31. The van der Waals surface area contributed by atoms with Crippen LogP contribution in [0, 0.1) is 5.92 Å². The Bertz CT molecular complexity index is 448. The van der Waals surface area contributed by atoms with Gasteiger partial charge in [-0.1, -0.05) is 11.6 Å². The first-order chi connectivity index (χ1) is 10.2. The van der Waals surface area contributed by atoms with E-state index in [1.165, 1.54) is 30.6 Å². The van der Waals surface area contributed by atoms with Gasteiger partial charge in [0.15, 0.2) is 0 Å². The van der Waals surface area contributed by atoms with Crippen LogP contribution in [0.5, 0.6) is 0 Å². The Kier molecular flexibility index (Phi) is 9.36. The van der Waals surface area contributed by atoms with E-state index in [-0.39, 0.29) is 18.3 Å². The summed E-state index contributed by atoms with van der Waals surface area (Å²) in [6.07, 6.45) is 3.65. The van der Waals surface area contributed by atoms with Gasteiger partial charge < -0.3 is 10.6 Å². The van der Waals surface area contributed by atoms with Gasteiger partial charge in [-0.15, -0.1) is 23.7 Å². The summed E-state index contributed by atoms with van der Waals surface area (Å²) in [5.74, 6) is 0.915. The lowest BCUT2D eigenvalue weighted by Crippen LogP contribution is -2.41.